The highest BCUT2D eigenvalue weighted by Crippen LogP contribution is 2.38. The van der Waals surface area contributed by atoms with Gasteiger partial charge in [0.1, 0.15) is 23.3 Å². The van der Waals surface area contributed by atoms with Gasteiger partial charge in [-0.05, 0) is 36.8 Å². The van der Waals surface area contributed by atoms with E-state index in [4.69, 9.17) is 4.74 Å². The van der Waals surface area contributed by atoms with E-state index in [1.54, 1.807) is 13.0 Å². The second kappa shape index (κ2) is 10.1. The average Bonchev–Trinajstić information content (AvgIpc) is 2.86. The van der Waals surface area contributed by atoms with Crippen molar-refractivity contribution in [3.05, 3.63) is 93.8 Å². The highest BCUT2D eigenvalue weighted by Gasteiger charge is 2.35. The molecule has 3 aromatic carbocycles. The molecule has 0 fully saturated rings. The van der Waals surface area contributed by atoms with Gasteiger partial charge < -0.3 is 15.0 Å². The van der Waals surface area contributed by atoms with Crippen molar-refractivity contribution in [3.8, 4) is 5.75 Å². The van der Waals surface area contributed by atoms with E-state index in [0.29, 0.717) is 17.7 Å². The summed E-state index contributed by atoms with van der Waals surface area (Å²) in [5.74, 6) is -6.17. The Labute approximate surface area is 209 Å². The van der Waals surface area contributed by atoms with Gasteiger partial charge in [0.15, 0.2) is 11.6 Å². The molecule has 4 rings (SSSR count). The maximum Gasteiger partial charge on any atom is 0.325 e. The summed E-state index contributed by atoms with van der Waals surface area (Å²) in [4.78, 5) is 28.5. The molecule has 0 saturated carbocycles. The van der Waals surface area contributed by atoms with E-state index in [1.165, 1.54) is 31.2 Å². The predicted molar refractivity (Wildman–Crippen MR) is 125 cm³/mol. The number of nitrogens with zero attached hydrogens (tertiary/aromatic N) is 2. The Hall–Kier alpha value is -4.15. The lowest BCUT2D eigenvalue weighted by Crippen LogP contribution is -2.47. The van der Waals surface area contributed by atoms with Crippen molar-refractivity contribution >= 4 is 17.6 Å². The molecular formula is C26H22F5N3O3. The van der Waals surface area contributed by atoms with Crippen molar-refractivity contribution in [2.24, 2.45) is 0 Å². The van der Waals surface area contributed by atoms with Crippen molar-refractivity contribution in [3.63, 3.8) is 0 Å². The maximum atomic E-state index is 14.9. The van der Waals surface area contributed by atoms with Crippen LogP contribution in [0.5, 0.6) is 5.75 Å². The number of nitrogens with one attached hydrogen (secondary N) is 1. The Bertz CT molecular complexity index is 1380. The molecule has 37 heavy (non-hydrogen) atoms. The van der Waals surface area contributed by atoms with Crippen LogP contribution in [0.15, 0.2) is 42.5 Å². The second-order valence-corrected chi connectivity index (χ2v) is 8.50. The van der Waals surface area contributed by atoms with Gasteiger partial charge in [0.05, 0.1) is 25.4 Å². The van der Waals surface area contributed by atoms with Crippen molar-refractivity contribution in [2.75, 3.05) is 19.1 Å². The fourth-order valence-corrected chi connectivity index (χ4v) is 4.14. The topological polar surface area (TPSA) is 61.9 Å². The van der Waals surface area contributed by atoms with Crippen LogP contribution < -0.4 is 15.0 Å². The third kappa shape index (κ3) is 4.81. The summed E-state index contributed by atoms with van der Waals surface area (Å²) in [5, 5.41) is 2.36. The molecule has 3 amide bonds. The molecule has 194 valence electrons. The van der Waals surface area contributed by atoms with Gasteiger partial charge in [-0.3, -0.25) is 9.69 Å². The van der Waals surface area contributed by atoms with E-state index in [-0.39, 0.29) is 17.0 Å². The highest BCUT2D eigenvalue weighted by atomic mass is 19.2. The van der Waals surface area contributed by atoms with Gasteiger partial charge in [0, 0.05) is 42.4 Å². The first-order chi connectivity index (χ1) is 17.5. The average molecular weight is 519 g/mol. The van der Waals surface area contributed by atoms with Crippen LogP contribution in [-0.2, 0) is 13.1 Å². The van der Waals surface area contributed by atoms with Crippen LogP contribution in [0.4, 0.5) is 32.4 Å². The summed E-state index contributed by atoms with van der Waals surface area (Å²) >= 11 is 0. The Morgan fingerprint density at radius 1 is 0.973 bits per heavy atom. The summed E-state index contributed by atoms with van der Waals surface area (Å²) in [5.41, 5.74) is -0.0488. The molecule has 0 aliphatic carbocycles. The van der Waals surface area contributed by atoms with E-state index in [9.17, 15) is 31.5 Å². The van der Waals surface area contributed by atoms with Gasteiger partial charge in [-0.15, -0.1) is 0 Å². The lowest BCUT2D eigenvalue weighted by atomic mass is 9.98. The summed E-state index contributed by atoms with van der Waals surface area (Å²) in [7, 11) is 2.76. The first kappa shape index (κ1) is 25.9. The fourth-order valence-electron chi connectivity index (χ4n) is 4.14. The Kier molecular flexibility index (Phi) is 7.06. The summed E-state index contributed by atoms with van der Waals surface area (Å²) in [6.45, 7) is 0.700. The van der Waals surface area contributed by atoms with Gasteiger partial charge in [-0.2, -0.15) is 0 Å². The first-order valence-electron chi connectivity index (χ1n) is 11.1. The molecule has 0 spiro atoms. The molecule has 1 atom stereocenters. The number of urea groups is 1. The molecule has 1 heterocycles. The van der Waals surface area contributed by atoms with Crippen LogP contribution in [0.3, 0.4) is 0 Å². The largest absolute Gasteiger partial charge is 0.494 e. The number of fused-ring (bicyclic) bond motifs is 1. The zero-order valence-electron chi connectivity index (χ0n) is 20.0. The predicted octanol–water partition coefficient (Wildman–Crippen LogP) is 5.45. The SMILES string of the molecule is COc1ccc(F)c(CN2C(=O)N(C)[C@@H](C)c3ccc(C(=O)NCc4c(F)cc(F)cc4F)cc32)c1F. The number of carbonyl (C=O) groups is 2. The minimum absolute atomic E-state index is 0.0304. The fraction of sp³-hybridized carbons (Fsp3) is 0.231. The molecule has 6 nitrogen and oxygen atoms in total. The van der Waals surface area contributed by atoms with Crippen LogP contribution in [0.2, 0.25) is 0 Å². The summed E-state index contributed by atoms with van der Waals surface area (Å²) < 4.78 is 75.4. The molecule has 3 aromatic rings. The number of halogens is 5. The smallest absolute Gasteiger partial charge is 0.325 e. The van der Waals surface area contributed by atoms with Crippen molar-refractivity contribution < 1.29 is 36.3 Å². The molecule has 0 radical (unpaired) electrons. The van der Waals surface area contributed by atoms with E-state index in [2.05, 4.69) is 5.32 Å². The van der Waals surface area contributed by atoms with Crippen LogP contribution in [0, 0.1) is 29.1 Å². The first-order valence-corrected chi connectivity index (χ1v) is 11.1. The highest BCUT2D eigenvalue weighted by molar-refractivity contribution is 5.99. The number of hydrogen-bond acceptors (Lipinski definition) is 3. The van der Waals surface area contributed by atoms with Crippen molar-refractivity contribution in [2.45, 2.75) is 26.1 Å². The summed E-state index contributed by atoms with van der Waals surface area (Å²) in [6, 6.07) is 6.58. The number of anilines is 1. The molecule has 11 heteroatoms. The van der Waals surface area contributed by atoms with Crippen molar-refractivity contribution in [1.29, 1.82) is 0 Å². The Balaban J connectivity index is 1.67. The molecule has 1 aliphatic rings. The zero-order chi connectivity index (χ0) is 27.0. The number of ether oxygens (including phenoxy) is 1. The van der Waals surface area contributed by atoms with E-state index >= 15 is 0 Å². The Morgan fingerprint density at radius 3 is 2.30 bits per heavy atom. The lowest BCUT2D eigenvalue weighted by Gasteiger charge is -2.39. The van der Waals surface area contributed by atoms with Gasteiger partial charge in [0.25, 0.3) is 5.91 Å². The minimum atomic E-state index is -1.15. The number of methoxy groups -OCH3 is 1. The lowest BCUT2D eigenvalue weighted by molar-refractivity contribution is 0.0950. The zero-order valence-corrected chi connectivity index (χ0v) is 20.0. The quantitative estimate of drug-likeness (QED) is 0.441. The number of carbonyl (C=O) groups excluding carboxylic acids is 2. The molecule has 0 bridgehead atoms. The molecule has 0 saturated heterocycles. The van der Waals surface area contributed by atoms with Crippen LogP contribution in [-0.4, -0.2) is 31.0 Å². The van der Waals surface area contributed by atoms with E-state index < -0.39 is 71.3 Å². The molecule has 1 aliphatic heterocycles. The summed E-state index contributed by atoms with van der Waals surface area (Å²) in [6.07, 6.45) is 0. The number of rotatable bonds is 6. The number of benzene rings is 3. The van der Waals surface area contributed by atoms with Crippen LogP contribution in [0.25, 0.3) is 0 Å². The van der Waals surface area contributed by atoms with Crippen molar-refractivity contribution in [1.82, 2.24) is 10.2 Å². The van der Waals surface area contributed by atoms with Gasteiger partial charge in [-0.1, -0.05) is 6.07 Å². The number of amides is 3. The second-order valence-electron chi connectivity index (χ2n) is 8.50. The Morgan fingerprint density at radius 2 is 1.65 bits per heavy atom. The molecule has 0 aromatic heterocycles. The molecular weight excluding hydrogens is 497 g/mol. The third-order valence-electron chi connectivity index (χ3n) is 6.37. The maximum absolute atomic E-state index is 14.9. The van der Waals surface area contributed by atoms with Crippen LogP contribution in [0.1, 0.15) is 40.0 Å². The third-order valence-corrected chi connectivity index (χ3v) is 6.37. The van der Waals surface area contributed by atoms with Crippen LogP contribution >= 0.6 is 0 Å². The normalized spacial score (nSPS) is 15.0. The molecule has 0 unspecified atom stereocenters. The minimum Gasteiger partial charge on any atom is -0.494 e. The monoisotopic (exact) mass is 519 g/mol. The van der Waals surface area contributed by atoms with E-state index in [1.807, 2.05) is 0 Å². The standard InChI is InChI=1S/C26H22F5N3O3/c1-13-16-5-4-14(25(35)32-11-17-20(29)9-15(27)10-21(17)30)8-22(16)34(26(36)33(13)2)12-18-19(28)6-7-23(37-3)24(18)31/h4-10,13H,11-12H2,1-3H3,(H,32,35)/t13-/m0/s1. The van der Waals surface area contributed by atoms with Gasteiger partial charge >= 0.3 is 6.03 Å². The van der Waals surface area contributed by atoms with Gasteiger partial charge in [0.2, 0.25) is 0 Å². The van der Waals surface area contributed by atoms with E-state index in [0.717, 1.165) is 17.0 Å². The number of hydrogen-bond donors (Lipinski definition) is 1. The molecule has 1 N–H and O–H groups in total. The van der Waals surface area contributed by atoms with Gasteiger partial charge in [-0.25, -0.2) is 26.7 Å².